The van der Waals surface area contributed by atoms with Gasteiger partial charge < -0.3 is 24.7 Å². The lowest BCUT2D eigenvalue weighted by atomic mass is 10.0. The van der Waals surface area contributed by atoms with E-state index in [1.165, 1.54) is 0 Å². The van der Waals surface area contributed by atoms with Crippen molar-refractivity contribution in [3.8, 4) is 17.1 Å². The smallest absolute Gasteiger partial charge is 0.319 e. The van der Waals surface area contributed by atoms with E-state index in [-0.39, 0.29) is 19.1 Å². The van der Waals surface area contributed by atoms with Crippen molar-refractivity contribution in [2.45, 2.75) is 42.6 Å². The molecule has 8 nitrogen and oxygen atoms in total. The van der Waals surface area contributed by atoms with E-state index in [9.17, 15) is 9.90 Å². The Morgan fingerprint density at radius 3 is 2.45 bits per heavy atom. The first kappa shape index (κ1) is 26.5. The summed E-state index contributed by atoms with van der Waals surface area (Å²) < 4.78 is 5.77. The molecular weight excluding hydrogens is 500 g/mol. The average Bonchev–Trinajstić information content (AvgIpc) is 3.40. The van der Waals surface area contributed by atoms with Crippen molar-refractivity contribution in [1.82, 2.24) is 14.9 Å². The third kappa shape index (κ3) is 5.95. The van der Waals surface area contributed by atoms with Gasteiger partial charge in [0.2, 0.25) is 0 Å². The number of thioether (sulfide) groups is 1. The summed E-state index contributed by atoms with van der Waals surface area (Å²) in [6, 6.07) is 18.3. The lowest BCUT2D eigenvalue weighted by molar-refractivity contribution is 0.0736. The van der Waals surface area contributed by atoms with Crippen molar-refractivity contribution in [3.05, 3.63) is 65.7 Å². The molecule has 2 aromatic carbocycles. The molecule has 2 atom stereocenters. The fourth-order valence-electron chi connectivity index (χ4n) is 4.81. The van der Waals surface area contributed by atoms with Gasteiger partial charge in [0.05, 0.1) is 19.3 Å². The molecule has 1 saturated heterocycles. The van der Waals surface area contributed by atoms with Crippen LogP contribution in [-0.4, -0.2) is 81.7 Å². The SMILES string of the molecule is CCC1Cc2c(nc(OCCC(O)CO)nc2N2CCN(C(=O)c3ccc(-c4ccccc4)cc3)CC2)S1. The summed E-state index contributed by atoms with van der Waals surface area (Å²) in [5.41, 5.74) is 4.08. The number of amides is 1. The lowest BCUT2D eigenvalue weighted by Gasteiger charge is -2.36. The molecule has 0 radical (unpaired) electrons. The predicted octanol–water partition coefficient (Wildman–Crippen LogP) is 3.65. The number of anilines is 1. The lowest BCUT2D eigenvalue weighted by Crippen LogP contribution is -2.49. The third-order valence-corrected chi connectivity index (χ3v) is 8.48. The molecule has 3 heterocycles. The van der Waals surface area contributed by atoms with Gasteiger partial charge in [0, 0.05) is 49.0 Å². The van der Waals surface area contributed by atoms with Crippen LogP contribution in [0.25, 0.3) is 11.1 Å². The van der Waals surface area contributed by atoms with E-state index in [1.807, 2.05) is 47.4 Å². The number of piperazine rings is 1. The average molecular weight is 535 g/mol. The Hall–Kier alpha value is -3.14. The standard InChI is InChI=1S/C29H34N4O4S/c1-2-24-18-25-26(30-29(31-27(25)38-24)37-17-12-23(35)19-34)32-13-15-33(16-14-32)28(36)22-10-8-21(9-11-22)20-6-4-3-5-7-20/h3-11,23-24,34-35H,2,12-19H2,1H3. The summed E-state index contributed by atoms with van der Waals surface area (Å²) in [7, 11) is 0. The van der Waals surface area contributed by atoms with E-state index in [2.05, 4.69) is 28.9 Å². The van der Waals surface area contributed by atoms with Crippen molar-refractivity contribution in [3.63, 3.8) is 0 Å². The molecule has 1 fully saturated rings. The van der Waals surface area contributed by atoms with Crippen molar-refractivity contribution in [1.29, 1.82) is 0 Å². The number of carbonyl (C=O) groups excluding carboxylic acids is 1. The fraction of sp³-hybridized carbons (Fsp3) is 0.414. The van der Waals surface area contributed by atoms with E-state index < -0.39 is 6.10 Å². The van der Waals surface area contributed by atoms with E-state index in [4.69, 9.17) is 14.8 Å². The zero-order valence-corrected chi connectivity index (χ0v) is 22.4. The highest BCUT2D eigenvalue weighted by molar-refractivity contribution is 8.00. The van der Waals surface area contributed by atoms with E-state index in [1.54, 1.807) is 11.8 Å². The Morgan fingerprint density at radius 2 is 1.76 bits per heavy atom. The maximum Gasteiger partial charge on any atom is 0.319 e. The first-order valence-electron chi connectivity index (χ1n) is 13.2. The molecule has 0 spiro atoms. The predicted molar refractivity (Wildman–Crippen MR) is 149 cm³/mol. The molecule has 200 valence electrons. The Kier molecular flexibility index (Phi) is 8.46. The Labute approximate surface area is 227 Å². The monoisotopic (exact) mass is 534 g/mol. The number of aromatic nitrogens is 2. The fourth-order valence-corrected chi connectivity index (χ4v) is 5.99. The number of ether oxygens (including phenoxy) is 1. The number of nitrogens with zero attached hydrogens (tertiary/aromatic N) is 4. The minimum atomic E-state index is -0.817. The maximum absolute atomic E-state index is 13.2. The molecule has 0 bridgehead atoms. The number of hydrogen-bond acceptors (Lipinski definition) is 8. The van der Waals surface area contributed by atoms with Gasteiger partial charge in [-0.1, -0.05) is 49.4 Å². The van der Waals surface area contributed by atoms with Gasteiger partial charge >= 0.3 is 6.01 Å². The van der Waals surface area contributed by atoms with Crippen LogP contribution < -0.4 is 9.64 Å². The van der Waals surface area contributed by atoms with Gasteiger partial charge in [0.25, 0.3) is 5.91 Å². The maximum atomic E-state index is 13.2. The van der Waals surface area contributed by atoms with Gasteiger partial charge in [-0.25, -0.2) is 0 Å². The molecule has 38 heavy (non-hydrogen) atoms. The molecule has 1 aromatic heterocycles. The second-order valence-electron chi connectivity index (χ2n) is 9.66. The summed E-state index contributed by atoms with van der Waals surface area (Å²) >= 11 is 1.76. The van der Waals surface area contributed by atoms with Crippen LogP contribution in [0.15, 0.2) is 59.6 Å². The van der Waals surface area contributed by atoms with Crippen LogP contribution in [-0.2, 0) is 6.42 Å². The van der Waals surface area contributed by atoms with Crippen molar-refractivity contribution < 1.29 is 19.7 Å². The molecule has 5 rings (SSSR count). The first-order valence-corrected chi connectivity index (χ1v) is 14.1. The first-order chi connectivity index (χ1) is 18.6. The summed E-state index contributed by atoms with van der Waals surface area (Å²) in [5.74, 6) is 0.931. The zero-order chi connectivity index (χ0) is 26.5. The van der Waals surface area contributed by atoms with E-state index in [0.29, 0.717) is 49.4 Å². The molecule has 0 aliphatic carbocycles. The van der Waals surface area contributed by atoms with Crippen molar-refractivity contribution in [2.75, 3.05) is 44.3 Å². The van der Waals surface area contributed by atoms with Crippen LogP contribution in [0.4, 0.5) is 5.82 Å². The number of rotatable bonds is 9. The van der Waals surface area contributed by atoms with Crippen molar-refractivity contribution >= 4 is 23.5 Å². The van der Waals surface area contributed by atoms with Crippen LogP contribution in [0.2, 0.25) is 0 Å². The molecule has 3 aromatic rings. The van der Waals surface area contributed by atoms with Gasteiger partial charge in [-0.15, -0.1) is 11.8 Å². The Balaban J connectivity index is 1.25. The van der Waals surface area contributed by atoms with Gasteiger partial charge in [-0.05, 0) is 36.1 Å². The molecule has 2 unspecified atom stereocenters. The van der Waals surface area contributed by atoms with Gasteiger partial charge in [0.15, 0.2) is 0 Å². The highest BCUT2D eigenvalue weighted by Gasteiger charge is 2.31. The molecule has 2 aliphatic rings. The summed E-state index contributed by atoms with van der Waals surface area (Å²) in [5, 5.41) is 20.1. The highest BCUT2D eigenvalue weighted by Crippen LogP contribution is 2.42. The molecule has 1 amide bonds. The minimum absolute atomic E-state index is 0.0465. The van der Waals surface area contributed by atoms with Crippen LogP contribution in [0, 0.1) is 0 Å². The second kappa shape index (κ2) is 12.1. The summed E-state index contributed by atoms with van der Waals surface area (Å²) in [4.78, 5) is 26.8. The molecule has 0 saturated carbocycles. The summed E-state index contributed by atoms with van der Waals surface area (Å²) in [6.45, 7) is 4.70. The van der Waals surface area contributed by atoms with Gasteiger partial charge in [0.1, 0.15) is 10.8 Å². The van der Waals surface area contributed by atoms with Crippen LogP contribution in [0.3, 0.4) is 0 Å². The third-order valence-electron chi connectivity index (χ3n) is 7.09. The van der Waals surface area contributed by atoms with Crippen LogP contribution >= 0.6 is 11.8 Å². The number of aliphatic hydroxyl groups excluding tert-OH is 2. The molecule has 2 aliphatic heterocycles. The minimum Gasteiger partial charge on any atom is -0.463 e. The zero-order valence-electron chi connectivity index (χ0n) is 21.6. The van der Waals surface area contributed by atoms with Gasteiger partial charge in [-0.2, -0.15) is 9.97 Å². The number of carbonyl (C=O) groups is 1. The number of fused-ring (bicyclic) bond motifs is 1. The number of aliphatic hydroxyl groups is 2. The van der Waals surface area contributed by atoms with E-state index >= 15 is 0 Å². The number of benzene rings is 2. The molecule has 2 N–H and O–H groups in total. The second-order valence-corrected chi connectivity index (χ2v) is 11.0. The number of hydrogen-bond donors (Lipinski definition) is 2. The molecular formula is C29H34N4O4S. The highest BCUT2D eigenvalue weighted by atomic mass is 32.2. The van der Waals surface area contributed by atoms with Crippen LogP contribution in [0.5, 0.6) is 6.01 Å². The largest absolute Gasteiger partial charge is 0.463 e. The van der Waals surface area contributed by atoms with Gasteiger partial charge in [-0.3, -0.25) is 4.79 Å². The topological polar surface area (TPSA) is 99.0 Å². The van der Waals surface area contributed by atoms with Crippen molar-refractivity contribution in [2.24, 2.45) is 0 Å². The summed E-state index contributed by atoms with van der Waals surface area (Å²) in [6.07, 6.45) is 1.46. The van der Waals surface area contributed by atoms with Crippen LogP contribution in [0.1, 0.15) is 35.7 Å². The Bertz CT molecular complexity index is 1230. The Morgan fingerprint density at radius 1 is 1.05 bits per heavy atom. The quantitative estimate of drug-likeness (QED) is 0.402. The normalized spacial score (nSPS) is 17.8. The molecule has 9 heteroatoms. The van der Waals surface area contributed by atoms with E-state index in [0.717, 1.165) is 40.4 Å².